The van der Waals surface area contributed by atoms with Crippen LogP contribution in [-0.4, -0.2) is 26.5 Å². The molecule has 0 saturated carbocycles. The third kappa shape index (κ3) is 10.3. The van der Waals surface area contributed by atoms with E-state index in [1.807, 2.05) is 25.1 Å². The number of rotatable bonds is 11. The number of aromatic amines is 1. The molecule has 0 aliphatic carbocycles. The highest BCUT2D eigenvalue weighted by molar-refractivity contribution is 5.89. The zero-order valence-electron chi connectivity index (χ0n) is 36.8. The zero-order chi connectivity index (χ0) is 42.2. The first-order valence-electron chi connectivity index (χ1n) is 20.4. The fourth-order valence-corrected chi connectivity index (χ4v) is 6.66. The molecule has 306 valence electrons. The molecule has 3 aromatic heterocycles. The molecule has 9 heteroatoms. The average molecular weight is 783 g/mol. The van der Waals surface area contributed by atoms with E-state index in [2.05, 4.69) is 157 Å². The van der Waals surface area contributed by atoms with Gasteiger partial charge >= 0.3 is 0 Å². The van der Waals surface area contributed by atoms with Crippen LogP contribution < -0.4 is 25.7 Å². The van der Waals surface area contributed by atoms with Crippen molar-refractivity contribution in [3.05, 3.63) is 122 Å². The van der Waals surface area contributed by atoms with Crippen molar-refractivity contribution in [1.29, 1.82) is 0 Å². The Labute approximate surface area is 344 Å². The number of aromatic nitrogens is 4. The summed E-state index contributed by atoms with van der Waals surface area (Å²) >= 11 is 0. The number of hydrogen-bond donors (Lipinski definition) is 3. The Morgan fingerprint density at radius 1 is 0.552 bits per heavy atom. The first kappa shape index (κ1) is 42.2. The molecule has 3 aromatic carbocycles. The normalized spacial score (nSPS) is 12.6. The zero-order valence-corrected chi connectivity index (χ0v) is 36.8. The molecule has 58 heavy (non-hydrogen) atoms. The minimum absolute atomic E-state index is 0.00245. The highest BCUT2D eigenvalue weighted by atomic mass is 16.5. The lowest BCUT2D eigenvalue weighted by Gasteiger charge is -2.26. The molecule has 0 bridgehead atoms. The fraction of sp³-hybridized carbons (Fsp3) is 0.429. The lowest BCUT2D eigenvalue weighted by molar-refractivity contribution is 0.289. The maximum Gasteiger partial charge on any atom is 0.261 e. The van der Waals surface area contributed by atoms with Gasteiger partial charge in [-0.25, -0.2) is 9.97 Å². The Bertz CT molecular complexity index is 2330. The van der Waals surface area contributed by atoms with Crippen LogP contribution >= 0.6 is 0 Å². The minimum atomic E-state index is -0.245. The quantitative estimate of drug-likeness (QED) is 0.111. The molecular formula is C49H62N6O3. The topological polar surface area (TPSA) is 114 Å². The number of hydrogen-bond acceptors (Lipinski definition) is 8. The largest absolute Gasteiger partial charge is 0.489 e. The van der Waals surface area contributed by atoms with Crippen molar-refractivity contribution in [3.8, 4) is 11.5 Å². The standard InChI is InChI=1S/C49H62N6O3/c1-14-50-45-54-43-40(44(56)55-45)23-33-15-16-41(52-42(33)53-43)51-27-30-21-38(57-28-31-17-34(46(2,3)4)24-35(18-31)47(5,6)7)26-39(22-30)58-29-32-19-36(48(8,9)10)25-37(20-32)49(11,12)13/h15-26H,14,27-29H2,1-13H3,(H3,50,51,52,53,54,55,56). The molecule has 0 aliphatic heterocycles. The number of H-pyrrole nitrogens is 1. The van der Waals surface area contributed by atoms with Crippen molar-refractivity contribution < 1.29 is 9.47 Å². The summed E-state index contributed by atoms with van der Waals surface area (Å²) in [6.07, 6.45) is 0. The SMILES string of the molecule is CCNc1nc2nc3nc(NCc4cc(OCc5cc(C(C)(C)C)cc(C(C)(C)C)c5)cc(OCc5cc(C(C)(C)C)cc(C(C)(C)C)c5)c4)ccc3cc2c(=O)[nH]1. The van der Waals surface area contributed by atoms with E-state index >= 15 is 0 Å². The van der Waals surface area contributed by atoms with E-state index in [9.17, 15) is 4.79 Å². The lowest BCUT2D eigenvalue weighted by atomic mass is 9.79. The molecule has 0 spiro atoms. The second-order valence-electron chi connectivity index (χ2n) is 19.6. The Kier molecular flexibility index (Phi) is 11.7. The molecule has 0 saturated heterocycles. The van der Waals surface area contributed by atoms with E-state index in [0.717, 1.165) is 33.6 Å². The fourth-order valence-electron chi connectivity index (χ4n) is 6.66. The number of pyridine rings is 2. The summed E-state index contributed by atoms with van der Waals surface area (Å²) in [5, 5.41) is 7.71. The molecule has 6 rings (SSSR count). The Morgan fingerprint density at radius 2 is 1.05 bits per heavy atom. The molecule has 0 atom stereocenters. The number of ether oxygens (including phenoxy) is 2. The number of nitrogens with one attached hydrogen (secondary N) is 3. The molecule has 3 N–H and O–H groups in total. The van der Waals surface area contributed by atoms with Crippen molar-refractivity contribution in [2.75, 3.05) is 17.2 Å². The van der Waals surface area contributed by atoms with Gasteiger partial charge in [0.1, 0.15) is 30.5 Å². The molecule has 0 fully saturated rings. The molecule has 0 aliphatic rings. The first-order chi connectivity index (χ1) is 27.0. The van der Waals surface area contributed by atoms with Crippen LogP contribution in [0.1, 0.15) is 129 Å². The molecule has 0 amide bonds. The Balaban J connectivity index is 1.31. The Morgan fingerprint density at radius 3 is 1.52 bits per heavy atom. The summed E-state index contributed by atoms with van der Waals surface area (Å²) in [4.78, 5) is 29.5. The molecule has 0 radical (unpaired) electrons. The van der Waals surface area contributed by atoms with E-state index in [-0.39, 0.29) is 27.2 Å². The van der Waals surface area contributed by atoms with Gasteiger partial charge < -0.3 is 20.1 Å². The summed E-state index contributed by atoms with van der Waals surface area (Å²) in [7, 11) is 0. The van der Waals surface area contributed by atoms with E-state index in [1.54, 1.807) is 6.07 Å². The van der Waals surface area contributed by atoms with Gasteiger partial charge in [0.2, 0.25) is 5.95 Å². The minimum Gasteiger partial charge on any atom is -0.489 e. The van der Waals surface area contributed by atoms with Crippen LogP contribution in [0.25, 0.3) is 22.1 Å². The van der Waals surface area contributed by atoms with E-state index < -0.39 is 0 Å². The average Bonchev–Trinajstić information content (AvgIpc) is 3.13. The molecule has 6 aromatic rings. The smallest absolute Gasteiger partial charge is 0.261 e. The van der Waals surface area contributed by atoms with Crippen LogP contribution in [0.15, 0.2) is 77.6 Å². The summed E-state index contributed by atoms with van der Waals surface area (Å²) < 4.78 is 13.2. The van der Waals surface area contributed by atoms with Crippen molar-refractivity contribution in [2.45, 2.75) is 131 Å². The number of benzene rings is 3. The van der Waals surface area contributed by atoms with Gasteiger partial charge in [-0.1, -0.05) is 119 Å². The van der Waals surface area contributed by atoms with Crippen molar-refractivity contribution in [3.63, 3.8) is 0 Å². The molecule has 0 unspecified atom stereocenters. The number of nitrogens with zero attached hydrogens (tertiary/aromatic N) is 3. The van der Waals surface area contributed by atoms with Gasteiger partial charge in [0.15, 0.2) is 11.3 Å². The van der Waals surface area contributed by atoms with E-state index in [0.29, 0.717) is 54.8 Å². The second kappa shape index (κ2) is 16.1. The van der Waals surface area contributed by atoms with Gasteiger partial charge in [-0.05, 0) is 97.9 Å². The van der Waals surface area contributed by atoms with Crippen LogP contribution in [0, 0.1) is 0 Å². The van der Waals surface area contributed by atoms with Gasteiger partial charge in [0.25, 0.3) is 5.56 Å². The van der Waals surface area contributed by atoms with Gasteiger partial charge in [0.05, 0.1) is 5.39 Å². The maximum absolute atomic E-state index is 12.7. The highest BCUT2D eigenvalue weighted by Gasteiger charge is 2.22. The van der Waals surface area contributed by atoms with Crippen molar-refractivity contribution in [1.82, 2.24) is 19.9 Å². The van der Waals surface area contributed by atoms with Crippen LogP contribution in [0.5, 0.6) is 11.5 Å². The van der Waals surface area contributed by atoms with Crippen LogP contribution in [0.2, 0.25) is 0 Å². The number of anilines is 2. The Hall–Kier alpha value is -5.44. The van der Waals surface area contributed by atoms with Gasteiger partial charge in [-0.3, -0.25) is 9.78 Å². The third-order valence-electron chi connectivity index (χ3n) is 10.4. The van der Waals surface area contributed by atoms with Gasteiger partial charge in [-0.15, -0.1) is 0 Å². The van der Waals surface area contributed by atoms with E-state index in [4.69, 9.17) is 14.5 Å². The second-order valence-corrected chi connectivity index (χ2v) is 19.6. The third-order valence-corrected chi connectivity index (χ3v) is 10.4. The molecular weight excluding hydrogens is 721 g/mol. The van der Waals surface area contributed by atoms with Gasteiger partial charge in [0, 0.05) is 24.5 Å². The predicted octanol–water partition coefficient (Wildman–Crippen LogP) is 11.3. The molecule has 3 heterocycles. The van der Waals surface area contributed by atoms with Crippen molar-refractivity contribution >= 4 is 33.8 Å². The summed E-state index contributed by atoms with van der Waals surface area (Å²) in [6.45, 7) is 30.9. The molecule has 9 nitrogen and oxygen atoms in total. The summed E-state index contributed by atoms with van der Waals surface area (Å²) in [6, 6.07) is 25.4. The van der Waals surface area contributed by atoms with Gasteiger partial charge in [-0.2, -0.15) is 4.98 Å². The van der Waals surface area contributed by atoms with E-state index in [1.165, 1.54) is 22.3 Å². The number of fused-ring (bicyclic) bond motifs is 2. The first-order valence-corrected chi connectivity index (χ1v) is 20.4. The summed E-state index contributed by atoms with van der Waals surface area (Å²) in [5.41, 5.74) is 9.00. The lowest BCUT2D eigenvalue weighted by Crippen LogP contribution is -2.17. The van der Waals surface area contributed by atoms with Crippen LogP contribution in [0.4, 0.5) is 11.8 Å². The highest BCUT2D eigenvalue weighted by Crippen LogP contribution is 2.33. The maximum atomic E-state index is 12.7. The summed E-state index contributed by atoms with van der Waals surface area (Å²) in [5.74, 6) is 2.47. The predicted molar refractivity (Wildman–Crippen MR) is 240 cm³/mol. The van der Waals surface area contributed by atoms with Crippen LogP contribution in [0.3, 0.4) is 0 Å². The monoisotopic (exact) mass is 782 g/mol. The van der Waals surface area contributed by atoms with Crippen molar-refractivity contribution in [2.24, 2.45) is 0 Å². The van der Waals surface area contributed by atoms with Crippen LogP contribution in [-0.2, 0) is 41.4 Å².